The van der Waals surface area contributed by atoms with E-state index in [9.17, 15) is 4.79 Å². The van der Waals surface area contributed by atoms with Crippen LogP contribution >= 0.6 is 0 Å². The Morgan fingerprint density at radius 3 is 2.48 bits per heavy atom. The van der Waals surface area contributed by atoms with E-state index < -0.39 is 0 Å². The Bertz CT molecular complexity index is 565. The van der Waals surface area contributed by atoms with Crippen LogP contribution in [0.25, 0.3) is 0 Å². The van der Waals surface area contributed by atoms with Crippen LogP contribution < -0.4 is 0 Å². The molecule has 1 aromatic carbocycles. The number of carbonyl (C=O) groups is 1. The monoisotopic (exact) mass is 292 g/mol. The topological polar surface area (TPSA) is 54.0 Å². The van der Waals surface area contributed by atoms with Gasteiger partial charge in [0.05, 0.1) is 25.4 Å². The summed E-state index contributed by atoms with van der Waals surface area (Å²) in [6.07, 6.45) is 0.879. The van der Waals surface area contributed by atoms with Gasteiger partial charge in [0.25, 0.3) is 0 Å². The van der Waals surface area contributed by atoms with Crippen LogP contribution in [0.5, 0.6) is 0 Å². The minimum atomic E-state index is -0.247. The maximum Gasteiger partial charge on any atom is 0.339 e. The van der Waals surface area contributed by atoms with Crippen molar-refractivity contribution in [3.05, 3.63) is 33.4 Å². The summed E-state index contributed by atoms with van der Waals surface area (Å²) in [5, 5.41) is 0. The molecule has 114 valence electrons. The first-order valence-corrected chi connectivity index (χ1v) is 7.21. The third-order valence-corrected chi connectivity index (χ3v) is 4.13. The fourth-order valence-electron chi connectivity index (χ4n) is 3.06. The van der Waals surface area contributed by atoms with Gasteiger partial charge >= 0.3 is 5.97 Å². The van der Waals surface area contributed by atoms with Crippen molar-refractivity contribution in [3.63, 3.8) is 0 Å². The number of cyclic esters (lactones) is 1. The van der Waals surface area contributed by atoms with E-state index in [0.29, 0.717) is 45.2 Å². The van der Waals surface area contributed by atoms with E-state index in [-0.39, 0.29) is 5.97 Å². The van der Waals surface area contributed by atoms with Gasteiger partial charge in [-0.15, -0.1) is 0 Å². The quantitative estimate of drug-likeness (QED) is 0.783. The zero-order valence-electron chi connectivity index (χ0n) is 12.5. The fourth-order valence-corrected chi connectivity index (χ4v) is 3.06. The molecule has 0 radical (unpaired) electrons. The SMILES string of the molecule is COCc1c(C)c2c(c3c1COCCCOC3)COC2=O. The molecule has 2 heterocycles. The van der Waals surface area contributed by atoms with Gasteiger partial charge in [-0.05, 0) is 35.6 Å². The van der Waals surface area contributed by atoms with Gasteiger partial charge in [-0.3, -0.25) is 0 Å². The second-order valence-electron chi connectivity index (χ2n) is 5.38. The third-order valence-electron chi connectivity index (χ3n) is 4.13. The Morgan fingerprint density at radius 1 is 1.05 bits per heavy atom. The Kier molecular flexibility index (Phi) is 4.24. The highest BCUT2D eigenvalue weighted by Crippen LogP contribution is 2.35. The van der Waals surface area contributed by atoms with Crippen LogP contribution in [0.2, 0.25) is 0 Å². The van der Waals surface area contributed by atoms with E-state index in [0.717, 1.165) is 34.2 Å². The number of carbonyl (C=O) groups excluding carboxylic acids is 1. The van der Waals surface area contributed by atoms with Crippen LogP contribution in [0, 0.1) is 6.92 Å². The number of rotatable bonds is 2. The summed E-state index contributed by atoms with van der Waals surface area (Å²) in [7, 11) is 1.66. The molecule has 5 nitrogen and oxygen atoms in total. The molecule has 0 saturated heterocycles. The van der Waals surface area contributed by atoms with E-state index in [1.807, 2.05) is 6.92 Å². The molecule has 0 aliphatic carbocycles. The smallest absolute Gasteiger partial charge is 0.339 e. The zero-order chi connectivity index (χ0) is 14.8. The lowest BCUT2D eigenvalue weighted by Gasteiger charge is -2.19. The summed E-state index contributed by atoms with van der Waals surface area (Å²) in [6.45, 7) is 5.10. The summed E-state index contributed by atoms with van der Waals surface area (Å²) in [6, 6.07) is 0. The molecule has 2 aliphatic rings. The number of methoxy groups -OCH3 is 1. The molecule has 5 heteroatoms. The average Bonchev–Trinajstić information content (AvgIpc) is 2.90. The molecular formula is C16H20O5. The van der Waals surface area contributed by atoms with Crippen LogP contribution in [0.1, 0.15) is 44.6 Å². The largest absolute Gasteiger partial charge is 0.457 e. The normalized spacial score (nSPS) is 18.3. The Morgan fingerprint density at radius 2 is 1.76 bits per heavy atom. The van der Waals surface area contributed by atoms with E-state index >= 15 is 0 Å². The van der Waals surface area contributed by atoms with Crippen molar-refractivity contribution < 1.29 is 23.7 Å². The molecule has 0 unspecified atom stereocenters. The van der Waals surface area contributed by atoms with Crippen molar-refractivity contribution >= 4 is 5.97 Å². The molecule has 2 aliphatic heterocycles. The second kappa shape index (κ2) is 6.13. The molecule has 0 amide bonds. The van der Waals surface area contributed by atoms with Crippen LogP contribution in [-0.2, 0) is 45.4 Å². The molecule has 0 aromatic heterocycles. The lowest BCUT2D eigenvalue weighted by Crippen LogP contribution is -2.12. The van der Waals surface area contributed by atoms with Gasteiger partial charge in [0.15, 0.2) is 0 Å². The van der Waals surface area contributed by atoms with Crippen LogP contribution in [-0.4, -0.2) is 26.3 Å². The molecular weight excluding hydrogens is 272 g/mol. The van der Waals surface area contributed by atoms with Crippen molar-refractivity contribution in [2.24, 2.45) is 0 Å². The number of hydrogen-bond acceptors (Lipinski definition) is 5. The molecule has 0 saturated carbocycles. The first-order valence-electron chi connectivity index (χ1n) is 7.21. The average molecular weight is 292 g/mol. The highest BCUT2D eigenvalue weighted by atomic mass is 16.5. The Labute approximate surface area is 124 Å². The minimum Gasteiger partial charge on any atom is -0.457 e. The van der Waals surface area contributed by atoms with Crippen molar-refractivity contribution in [2.45, 2.75) is 39.8 Å². The van der Waals surface area contributed by atoms with Gasteiger partial charge in [0.2, 0.25) is 0 Å². The lowest BCUT2D eigenvalue weighted by atomic mass is 9.88. The van der Waals surface area contributed by atoms with Crippen molar-refractivity contribution in [2.75, 3.05) is 20.3 Å². The number of hydrogen-bond donors (Lipinski definition) is 0. The lowest BCUT2D eigenvalue weighted by molar-refractivity contribution is 0.0531. The van der Waals surface area contributed by atoms with Gasteiger partial charge < -0.3 is 18.9 Å². The summed E-state index contributed by atoms with van der Waals surface area (Å²) < 4.78 is 22.0. The number of fused-ring (bicyclic) bond motifs is 3. The molecule has 0 spiro atoms. The molecule has 0 atom stereocenters. The standard InChI is InChI=1S/C16H20O5/c1-10-11(6-18-2)12-7-19-4-3-5-20-8-13(12)14-9-21-16(17)15(10)14/h3-9H2,1-2H3. The zero-order valence-corrected chi connectivity index (χ0v) is 12.5. The van der Waals surface area contributed by atoms with E-state index in [1.165, 1.54) is 0 Å². The molecule has 3 rings (SSSR count). The summed E-state index contributed by atoms with van der Waals surface area (Å²) in [5.74, 6) is -0.247. The second-order valence-corrected chi connectivity index (χ2v) is 5.38. The number of ether oxygens (including phenoxy) is 4. The minimum absolute atomic E-state index is 0.247. The van der Waals surface area contributed by atoms with Gasteiger partial charge in [0, 0.05) is 25.9 Å². The highest BCUT2D eigenvalue weighted by molar-refractivity contribution is 5.96. The first-order chi connectivity index (χ1) is 10.2. The molecule has 0 N–H and O–H groups in total. The number of benzene rings is 1. The third kappa shape index (κ3) is 2.57. The van der Waals surface area contributed by atoms with E-state index in [4.69, 9.17) is 18.9 Å². The van der Waals surface area contributed by atoms with Crippen LogP contribution in [0.15, 0.2) is 0 Å². The van der Waals surface area contributed by atoms with Gasteiger partial charge in [-0.25, -0.2) is 4.79 Å². The van der Waals surface area contributed by atoms with Crippen molar-refractivity contribution in [1.29, 1.82) is 0 Å². The van der Waals surface area contributed by atoms with Crippen LogP contribution in [0.4, 0.5) is 0 Å². The summed E-state index contributed by atoms with van der Waals surface area (Å²) in [5.41, 5.74) is 5.73. The summed E-state index contributed by atoms with van der Waals surface area (Å²) in [4.78, 5) is 12.0. The Hall–Kier alpha value is -1.43. The molecule has 0 bridgehead atoms. The molecule has 1 aromatic rings. The van der Waals surface area contributed by atoms with E-state index in [1.54, 1.807) is 7.11 Å². The van der Waals surface area contributed by atoms with Crippen molar-refractivity contribution in [3.8, 4) is 0 Å². The maximum absolute atomic E-state index is 12.0. The van der Waals surface area contributed by atoms with Gasteiger partial charge in [0.1, 0.15) is 6.61 Å². The van der Waals surface area contributed by atoms with Gasteiger partial charge in [-0.2, -0.15) is 0 Å². The first kappa shape index (κ1) is 14.5. The predicted octanol–water partition coefficient (Wildman–Crippen LogP) is 2.25. The fraction of sp³-hybridized carbons (Fsp3) is 0.562. The van der Waals surface area contributed by atoms with Crippen molar-refractivity contribution in [1.82, 2.24) is 0 Å². The highest BCUT2D eigenvalue weighted by Gasteiger charge is 2.31. The molecule has 0 fully saturated rings. The van der Waals surface area contributed by atoms with Gasteiger partial charge in [-0.1, -0.05) is 0 Å². The molecule has 21 heavy (non-hydrogen) atoms. The maximum atomic E-state index is 12.0. The predicted molar refractivity (Wildman–Crippen MR) is 74.9 cm³/mol. The van der Waals surface area contributed by atoms with E-state index in [2.05, 4.69) is 0 Å². The Balaban J connectivity index is 2.18. The van der Waals surface area contributed by atoms with Crippen LogP contribution in [0.3, 0.4) is 0 Å². The number of esters is 1. The summed E-state index contributed by atoms with van der Waals surface area (Å²) >= 11 is 0.